The molecule has 158 valence electrons. The quantitative estimate of drug-likeness (QED) is 0.359. The highest BCUT2D eigenvalue weighted by Gasteiger charge is 2.13. The number of benzene rings is 1. The largest absolute Gasteiger partial charge is 0.357 e. The van der Waals surface area contributed by atoms with Gasteiger partial charge in [0, 0.05) is 46.0 Å². The number of nitrogens with zero attached hydrogens (tertiary/aromatic N) is 5. The molecule has 4 rings (SSSR count). The zero-order valence-corrected chi connectivity index (χ0v) is 17.9. The second kappa shape index (κ2) is 9.61. The predicted octanol–water partition coefficient (Wildman–Crippen LogP) is 3.10. The zero-order valence-electron chi connectivity index (χ0n) is 17.9. The van der Waals surface area contributed by atoms with Gasteiger partial charge in [0.1, 0.15) is 11.6 Å². The SMILES string of the molecule is CN=C(NCCCn1c(C)nc2ccccc21)NCc1ccc(N2CCCC2)nc1. The van der Waals surface area contributed by atoms with Gasteiger partial charge in [-0.05, 0) is 49.9 Å². The van der Waals surface area contributed by atoms with Gasteiger partial charge in [0.2, 0.25) is 0 Å². The Labute approximate surface area is 178 Å². The van der Waals surface area contributed by atoms with Crippen molar-refractivity contribution >= 4 is 22.8 Å². The van der Waals surface area contributed by atoms with Crippen LogP contribution in [0, 0.1) is 6.92 Å². The summed E-state index contributed by atoms with van der Waals surface area (Å²) in [6, 6.07) is 12.6. The summed E-state index contributed by atoms with van der Waals surface area (Å²) in [6.45, 7) is 6.79. The number of para-hydroxylation sites is 2. The number of aliphatic imine (C=N–C) groups is 1. The highest BCUT2D eigenvalue weighted by atomic mass is 15.2. The first-order valence-electron chi connectivity index (χ1n) is 10.8. The Morgan fingerprint density at radius 3 is 2.70 bits per heavy atom. The van der Waals surface area contributed by atoms with E-state index in [0.29, 0.717) is 6.54 Å². The molecule has 0 spiro atoms. The van der Waals surface area contributed by atoms with Crippen molar-refractivity contribution < 1.29 is 0 Å². The van der Waals surface area contributed by atoms with Gasteiger partial charge in [0.15, 0.2) is 5.96 Å². The summed E-state index contributed by atoms with van der Waals surface area (Å²) in [5, 5.41) is 6.78. The molecule has 0 aliphatic carbocycles. The molecule has 1 saturated heterocycles. The molecule has 0 bridgehead atoms. The van der Waals surface area contributed by atoms with Gasteiger partial charge < -0.3 is 20.1 Å². The van der Waals surface area contributed by atoms with E-state index in [-0.39, 0.29) is 0 Å². The van der Waals surface area contributed by atoms with Crippen molar-refractivity contribution in [3.8, 4) is 0 Å². The van der Waals surface area contributed by atoms with Gasteiger partial charge in [-0.1, -0.05) is 18.2 Å². The number of anilines is 1. The Kier molecular flexibility index (Phi) is 6.47. The van der Waals surface area contributed by atoms with E-state index in [1.54, 1.807) is 7.05 Å². The fourth-order valence-corrected chi connectivity index (χ4v) is 3.98. The molecule has 1 aliphatic rings. The lowest BCUT2D eigenvalue weighted by molar-refractivity contribution is 0.624. The molecule has 0 saturated carbocycles. The molecule has 3 aromatic rings. The first-order valence-corrected chi connectivity index (χ1v) is 10.8. The van der Waals surface area contributed by atoms with Gasteiger partial charge in [0.05, 0.1) is 11.0 Å². The summed E-state index contributed by atoms with van der Waals surface area (Å²) in [5.74, 6) is 2.95. The van der Waals surface area contributed by atoms with Crippen molar-refractivity contribution in [3.63, 3.8) is 0 Å². The minimum absolute atomic E-state index is 0.707. The highest BCUT2D eigenvalue weighted by molar-refractivity contribution is 5.79. The average Bonchev–Trinajstić information content (AvgIpc) is 3.42. The summed E-state index contributed by atoms with van der Waals surface area (Å²) in [6.07, 6.45) is 5.49. The van der Waals surface area contributed by atoms with E-state index in [2.05, 4.69) is 72.3 Å². The summed E-state index contributed by atoms with van der Waals surface area (Å²) < 4.78 is 2.28. The second-order valence-electron chi connectivity index (χ2n) is 7.72. The summed E-state index contributed by atoms with van der Waals surface area (Å²) in [4.78, 5) is 15.9. The lowest BCUT2D eigenvalue weighted by Crippen LogP contribution is -2.37. The number of imidazole rings is 1. The summed E-state index contributed by atoms with van der Waals surface area (Å²) in [7, 11) is 1.80. The third kappa shape index (κ3) is 4.72. The lowest BCUT2D eigenvalue weighted by atomic mass is 10.3. The van der Waals surface area contributed by atoms with Crippen molar-refractivity contribution in [2.24, 2.45) is 4.99 Å². The molecular weight excluding hydrogens is 374 g/mol. The van der Waals surface area contributed by atoms with Crippen LogP contribution in [0.2, 0.25) is 0 Å². The van der Waals surface area contributed by atoms with Crippen molar-refractivity contribution in [2.75, 3.05) is 31.6 Å². The molecule has 1 aliphatic heterocycles. The van der Waals surface area contributed by atoms with Crippen LogP contribution in [0.15, 0.2) is 47.6 Å². The Balaban J connectivity index is 1.22. The molecule has 7 heteroatoms. The molecule has 1 aromatic carbocycles. The molecule has 2 N–H and O–H groups in total. The van der Waals surface area contributed by atoms with Crippen LogP contribution < -0.4 is 15.5 Å². The monoisotopic (exact) mass is 405 g/mol. The Hall–Kier alpha value is -3.09. The molecule has 2 aromatic heterocycles. The molecule has 30 heavy (non-hydrogen) atoms. The van der Waals surface area contributed by atoms with Crippen LogP contribution in [0.1, 0.15) is 30.7 Å². The van der Waals surface area contributed by atoms with Crippen molar-refractivity contribution in [2.45, 2.75) is 39.3 Å². The smallest absolute Gasteiger partial charge is 0.191 e. The number of rotatable bonds is 7. The van der Waals surface area contributed by atoms with Crippen LogP contribution in [-0.2, 0) is 13.1 Å². The number of aryl methyl sites for hydroxylation is 2. The third-order valence-corrected chi connectivity index (χ3v) is 5.62. The maximum Gasteiger partial charge on any atom is 0.191 e. The normalized spacial score (nSPS) is 14.5. The van der Waals surface area contributed by atoms with E-state index in [9.17, 15) is 0 Å². The third-order valence-electron chi connectivity index (χ3n) is 5.62. The van der Waals surface area contributed by atoms with Gasteiger partial charge in [-0.25, -0.2) is 9.97 Å². The van der Waals surface area contributed by atoms with Crippen LogP contribution in [0.25, 0.3) is 11.0 Å². The van der Waals surface area contributed by atoms with E-state index in [0.717, 1.165) is 61.3 Å². The van der Waals surface area contributed by atoms with Gasteiger partial charge in [-0.3, -0.25) is 4.99 Å². The van der Waals surface area contributed by atoms with Crippen molar-refractivity contribution in [1.82, 2.24) is 25.2 Å². The van der Waals surface area contributed by atoms with E-state index < -0.39 is 0 Å². The summed E-state index contributed by atoms with van der Waals surface area (Å²) >= 11 is 0. The van der Waals surface area contributed by atoms with E-state index >= 15 is 0 Å². The maximum atomic E-state index is 4.63. The minimum Gasteiger partial charge on any atom is -0.357 e. The Morgan fingerprint density at radius 2 is 1.93 bits per heavy atom. The van der Waals surface area contributed by atoms with Crippen LogP contribution in [0.5, 0.6) is 0 Å². The zero-order chi connectivity index (χ0) is 20.8. The van der Waals surface area contributed by atoms with Gasteiger partial charge in [-0.15, -0.1) is 0 Å². The standard InChI is InChI=1S/C23H31N7/c1-18-28-20-8-3-4-9-21(20)30(18)15-7-12-25-23(24-2)27-17-19-10-11-22(26-16-19)29-13-5-6-14-29/h3-4,8-11,16H,5-7,12-15,17H2,1-2H3,(H2,24,25,27). The molecule has 7 nitrogen and oxygen atoms in total. The van der Waals surface area contributed by atoms with Gasteiger partial charge in [-0.2, -0.15) is 0 Å². The first kappa shape index (κ1) is 20.2. The van der Waals surface area contributed by atoms with E-state index in [1.165, 1.54) is 18.4 Å². The van der Waals surface area contributed by atoms with Crippen LogP contribution in [0.4, 0.5) is 5.82 Å². The van der Waals surface area contributed by atoms with Crippen LogP contribution in [-0.4, -0.2) is 47.2 Å². The number of hydrogen-bond acceptors (Lipinski definition) is 4. The number of pyridine rings is 1. The summed E-state index contributed by atoms with van der Waals surface area (Å²) in [5.41, 5.74) is 3.41. The Bertz CT molecular complexity index is 984. The number of nitrogens with one attached hydrogen (secondary N) is 2. The van der Waals surface area contributed by atoms with Crippen LogP contribution >= 0.6 is 0 Å². The fourth-order valence-electron chi connectivity index (χ4n) is 3.98. The molecule has 3 heterocycles. The van der Waals surface area contributed by atoms with Gasteiger partial charge in [0.25, 0.3) is 0 Å². The van der Waals surface area contributed by atoms with Gasteiger partial charge >= 0.3 is 0 Å². The Morgan fingerprint density at radius 1 is 1.10 bits per heavy atom. The second-order valence-corrected chi connectivity index (χ2v) is 7.72. The molecule has 0 atom stereocenters. The number of hydrogen-bond donors (Lipinski definition) is 2. The van der Waals surface area contributed by atoms with Crippen LogP contribution in [0.3, 0.4) is 0 Å². The highest BCUT2D eigenvalue weighted by Crippen LogP contribution is 2.17. The molecular formula is C23H31N7. The number of aromatic nitrogens is 3. The topological polar surface area (TPSA) is 70.4 Å². The molecule has 0 unspecified atom stereocenters. The molecule has 0 amide bonds. The minimum atomic E-state index is 0.707. The van der Waals surface area contributed by atoms with E-state index in [4.69, 9.17) is 0 Å². The maximum absolute atomic E-state index is 4.63. The number of guanidine groups is 1. The fraction of sp³-hybridized carbons (Fsp3) is 0.435. The molecule has 0 radical (unpaired) electrons. The molecule has 1 fully saturated rings. The number of fused-ring (bicyclic) bond motifs is 1. The van der Waals surface area contributed by atoms with Crippen molar-refractivity contribution in [3.05, 3.63) is 54.0 Å². The van der Waals surface area contributed by atoms with Crippen molar-refractivity contribution in [1.29, 1.82) is 0 Å². The predicted molar refractivity (Wildman–Crippen MR) is 123 cm³/mol. The van der Waals surface area contributed by atoms with E-state index in [1.807, 2.05) is 12.3 Å². The average molecular weight is 406 g/mol. The first-order chi connectivity index (χ1) is 14.7. The lowest BCUT2D eigenvalue weighted by Gasteiger charge is -2.16.